The lowest BCUT2D eigenvalue weighted by atomic mass is 10.0. The van der Waals surface area contributed by atoms with Gasteiger partial charge in [-0.1, -0.05) is 12.1 Å². The SMILES string of the molecule is O=C(CCl)Cc1cccc(SC(F)(F)F)c1CCl. The minimum absolute atomic E-state index is 0.00217. The van der Waals surface area contributed by atoms with E-state index in [0.29, 0.717) is 11.1 Å². The minimum atomic E-state index is -4.38. The average Bonchev–Trinajstić information content (AvgIpc) is 2.27. The molecule has 1 rings (SSSR count). The Bertz CT molecular complexity index is 435. The highest BCUT2D eigenvalue weighted by Crippen LogP contribution is 2.39. The molecule has 0 aliphatic carbocycles. The molecule has 0 aromatic heterocycles. The van der Waals surface area contributed by atoms with Crippen molar-refractivity contribution in [2.45, 2.75) is 22.7 Å². The van der Waals surface area contributed by atoms with Crippen LogP contribution in [-0.2, 0) is 17.1 Å². The van der Waals surface area contributed by atoms with Crippen molar-refractivity contribution in [3.63, 3.8) is 0 Å². The van der Waals surface area contributed by atoms with Gasteiger partial charge in [0.25, 0.3) is 0 Å². The van der Waals surface area contributed by atoms with E-state index in [0.717, 1.165) is 0 Å². The summed E-state index contributed by atoms with van der Waals surface area (Å²) in [6.07, 6.45) is -0.00217. The lowest BCUT2D eigenvalue weighted by molar-refractivity contribution is -0.116. The van der Waals surface area contributed by atoms with E-state index in [1.165, 1.54) is 12.1 Å². The Balaban J connectivity index is 3.06. The van der Waals surface area contributed by atoms with Crippen molar-refractivity contribution in [2.24, 2.45) is 0 Å². The van der Waals surface area contributed by atoms with Gasteiger partial charge in [-0.3, -0.25) is 4.79 Å². The zero-order valence-electron chi connectivity index (χ0n) is 9.06. The summed E-state index contributed by atoms with van der Waals surface area (Å²) in [7, 11) is 0. The van der Waals surface area contributed by atoms with Gasteiger partial charge in [-0.15, -0.1) is 23.2 Å². The second-order valence-corrected chi connectivity index (χ2v) is 5.07. The number of carbonyl (C=O) groups excluding carboxylic acids is 1. The Kier molecular flexibility index (Phi) is 5.82. The van der Waals surface area contributed by atoms with Crippen LogP contribution in [0.2, 0.25) is 0 Å². The lowest BCUT2D eigenvalue weighted by Crippen LogP contribution is -2.08. The number of carbonyl (C=O) groups is 1. The van der Waals surface area contributed by atoms with Gasteiger partial charge >= 0.3 is 5.51 Å². The van der Waals surface area contributed by atoms with Gasteiger partial charge in [-0.2, -0.15) is 13.2 Å². The van der Waals surface area contributed by atoms with Crippen LogP contribution in [0.5, 0.6) is 0 Å². The van der Waals surface area contributed by atoms with Crippen LogP contribution in [0.3, 0.4) is 0 Å². The molecule has 0 atom stereocenters. The van der Waals surface area contributed by atoms with E-state index in [9.17, 15) is 18.0 Å². The fourth-order valence-electron chi connectivity index (χ4n) is 1.41. The van der Waals surface area contributed by atoms with Crippen molar-refractivity contribution in [1.82, 2.24) is 0 Å². The zero-order valence-corrected chi connectivity index (χ0v) is 11.4. The second kappa shape index (κ2) is 6.68. The Hall–Kier alpha value is -0.390. The summed E-state index contributed by atoms with van der Waals surface area (Å²) in [5, 5.41) is 0. The molecule has 0 spiro atoms. The van der Waals surface area contributed by atoms with Crippen molar-refractivity contribution in [3.8, 4) is 0 Å². The first-order chi connectivity index (χ1) is 8.37. The van der Waals surface area contributed by atoms with E-state index in [1.807, 2.05) is 0 Å². The van der Waals surface area contributed by atoms with Crippen LogP contribution >= 0.6 is 35.0 Å². The molecule has 0 unspecified atom stereocenters. The third kappa shape index (κ3) is 4.71. The zero-order chi connectivity index (χ0) is 13.8. The third-order valence-corrected chi connectivity index (χ3v) is 3.53. The molecule has 18 heavy (non-hydrogen) atoms. The molecule has 0 N–H and O–H groups in total. The van der Waals surface area contributed by atoms with E-state index >= 15 is 0 Å². The highest BCUT2D eigenvalue weighted by molar-refractivity contribution is 8.00. The molecule has 0 aliphatic heterocycles. The molecule has 7 heteroatoms. The third-order valence-electron chi connectivity index (χ3n) is 2.13. The number of Topliss-reactive ketones (excluding diaryl/α,β-unsaturated/α-hetero) is 1. The second-order valence-electron chi connectivity index (χ2n) is 3.42. The molecule has 0 aliphatic rings. The van der Waals surface area contributed by atoms with E-state index < -0.39 is 5.51 Å². The Morgan fingerprint density at radius 2 is 1.94 bits per heavy atom. The molecular weight excluding hydrogens is 308 g/mol. The predicted molar refractivity (Wildman–Crippen MR) is 67.3 cm³/mol. The monoisotopic (exact) mass is 316 g/mol. The topological polar surface area (TPSA) is 17.1 Å². The van der Waals surface area contributed by atoms with Gasteiger partial charge < -0.3 is 0 Å². The standard InChI is InChI=1S/C11H9Cl2F3OS/c12-5-8(17)4-7-2-1-3-10(9(7)6-13)18-11(14,15)16/h1-3H,4-6H2. The molecule has 0 fully saturated rings. The van der Waals surface area contributed by atoms with Crippen LogP contribution < -0.4 is 0 Å². The molecule has 0 bridgehead atoms. The fraction of sp³-hybridized carbons (Fsp3) is 0.364. The first-order valence-corrected chi connectivity index (χ1v) is 6.76. The van der Waals surface area contributed by atoms with Crippen LogP contribution in [-0.4, -0.2) is 17.2 Å². The van der Waals surface area contributed by atoms with Crippen molar-refractivity contribution < 1.29 is 18.0 Å². The number of hydrogen-bond acceptors (Lipinski definition) is 2. The maximum absolute atomic E-state index is 12.3. The molecule has 0 saturated heterocycles. The Labute approximate surface area is 117 Å². The summed E-state index contributed by atoms with van der Waals surface area (Å²) >= 11 is 10.8. The molecule has 100 valence electrons. The summed E-state index contributed by atoms with van der Waals surface area (Å²) in [4.78, 5) is 11.3. The minimum Gasteiger partial charge on any atom is -0.298 e. The molecule has 1 nitrogen and oxygen atoms in total. The number of rotatable bonds is 5. The van der Waals surface area contributed by atoms with Crippen LogP contribution in [0.25, 0.3) is 0 Å². The smallest absolute Gasteiger partial charge is 0.298 e. The van der Waals surface area contributed by atoms with Crippen molar-refractivity contribution in [1.29, 1.82) is 0 Å². The number of hydrogen-bond donors (Lipinski definition) is 0. The van der Waals surface area contributed by atoms with Gasteiger partial charge in [0.15, 0.2) is 5.78 Å². The normalized spacial score (nSPS) is 11.6. The van der Waals surface area contributed by atoms with Gasteiger partial charge in [0, 0.05) is 17.2 Å². The molecular formula is C11H9Cl2F3OS. The van der Waals surface area contributed by atoms with E-state index in [1.54, 1.807) is 6.07 Å². The van der Waals surface area contributed by atoms with Gasteiger partial charge in [0.2, 0.25) is 0 Å². The van der Waals surface area contributed by atoms with Gasteiger partial charge in [-0.25, -0.2) is 0 Å². The van der Waals surface area contributed by atoms with Crippen LogP contribution in [0.1, 0.15) is 11.1 Å². The molecule has 0 amide bonds. The van der Waals surface area contributed by atoms with Crippen molar-refractivity contribution >= 4 is 40.7 Å². The molecule has 1 aromatic carbocycles. The molecule has 0 saturated carbocycles. The van der Waals surface area contributed by atoms with Crippen molar-refractivity contribution in [3.05, 3.63) is 29.3 Å². The summed E-state index contributed by atoms with van der Waals surface area (Å²) in [6, 6.07) is 4.40. The average molecular weight is 317 g/mol. The summed E-state index contributed by atoms with van der Waals surface area (Å²) in [6.45, 7) is 0. The lowest BCUT2D eigenvalue weighted by Gasteiger charge is -2.13. The summed E-state index contributed by atoms with van der Waals surface area (Å²) in [5.41, 5.74) is -3.56. The van der Waals surface area contributed by atoms with Gasteiger partial charge in [0.05, 0.1) is 5.88 Å². The number of thioether (sulfide) groups is 1. The maximum atomic E-state index is 12.3. The molecule has 0 radical (unpaired) electrons. The fourth-order valence-corrected chi connectivity index (χ4v) is 2.62. The first-order valence-electron chi connectivity index (χ1n) is 4.87. The largest absolute Gasteiger partial charge is 0.446 e. The summed E-state index contributed by atoms with van der Waals surface area (Å²) in [5.74, 6) is -0.500. The van der Waals surface area contributed by atoms with Gasteiger partial charge in [0.1, 0.15) is 0 Å². The number of halogens is 5. The van der Waals surface area contributed by atoms with Crippen LogP contribution in [0, 0.1) is 0 Å². The quantitative estimate of drug-likeness (QED) is 0.592. The van der Waals surface area contributed by atoms with Crippen LogP contribution in [0.4, 0.5) is 13.2 Å². The first kappa shape index (κ1) is 15.7. The number of ketones is 1. The van der Waals surface area contributed by atoms with E-state index in [-0.39, 0.29) is 40.6 Å². The highest BCUT2D eigenvalue weighted by atomic mass is 35.5. The number of benzene rings is 1. The summed E-state index contributed by atoms with van der Waals surface area (Å²) < 4.78 is 37.0. The van der Waals surface area contributed by atoms with Crippen LogP contribution in [0.15, 0.2) is 23.1 Å². The molecule has 0 heterocycles. The van der Waals surface area contributed by atoms with E-state index in [2.05, 4.69) is 0 Å². The Morgan fingerprint density at radius 1 is 1.28 bits per heavy atom. The van der Waals surface area contributed by atoms with E-state index in [4.69, 9.17) is 23.2 Å². The van der Waals surface area contributed by atoms with Gasteiger partial charge in [-0.05, 0) is 29.0 Å². The predicted octanol–water partition coefficient (Wildman–Crippen LogP) is 4.39. The Morgan fingerprint density at radius 3 is 2.44 bits per heavy atom. The number of alkyl halides is 5. The van der Waals surface area contributed by atoms with Crippen molar-refractivity contribution in [2.75, 3.05) is 5.88 Å². The highest BCUT2D eigenvalue weighted by Gasteiger charge is 2.30. The molecule has 1 aromatic rings. The maximum Gasteiger partial charge on any atom is 0.446 e.